The van der Waals surface area contributed by atoms with E-state index in [1.807, 2.05) is 25.1 Å². The number of ether oxygens (including phenoxy) is 1. The molecule has 0 saturated carbocycles. The van der Waals surface area contributed by atoms with Crippen LogP contribution < -0.4 is 5.43 Å². The summed E-state index contributed by atoms with van der Waals surface area (Å²) in [5, 5.41) is 4.07. The van der Waals surface area contributed by atoms with Crippen molar-refractivity contribution in [1.82, 2.24) is 9.78 Å². The van der Waals surface area contributed by atoms with E-state index in [4.69, 9.17) is 4.74 Å². The van der Waals surface area contributed by atoms with Crippen LogP contribution in [0.4, 0.5) is 0 Å². The van der Waals surface area contributed by atoms with Gasteiger partial charge < -0.3 is 4.74 Å². The highest BCUT2D eigenvalue weighted by molar-refractivity contribution is 9.10. The predicted molar refractivity (Wildman–Crippen MR) is 78.2 cm³/mol. The van der Waals surface area contributed by atoms with Crippen molar-refractivity contribution >= 4 is 21.9 Å². The maximum absolute atomic E-state index is 11.7. The second-order valence-electron chi connectivity index (χ2n) is 4.12. The first-order valence-corrected chi connectivity index (χ1v) is 6.86. The molecule has 0 aliphatic carbocycles. The molecule has 0 spiro atoms. The summed E-state index contributed by atoms with van der Waals surface area (Å²) in [5.74, 6) is -0.709. The minimum absolute atomic E-state index is 0.199. The molecule has 1 aromatic carbocycles. The molecule has 0 N–H and O–H groups in total. The first kappa shape index (κ1) is 14.5. The van der Waals surface area contributed by atoms with Crippen LogP contribution in [-0.4, -0.2) is 22.4 Å². The van der Waals surface area contributed by atoms with E-state index in [0.29, 0.717) is 0 Å². The zero-order valence-corrected chi connectivity index (χ0v) is 12.7. The lowest BCUT2D eigenvalue weighted by atomic mass is 10.2. The van der Waals surface area contributed by atoms with Crippen molar-refractivity contribution in [2.75, 3.05) is 6.61 Å². The summed E-state index contributed by atoms with van der Waals surface area (Å²) < 4.78 is 7.21. The number of aryl methyl sites for hydroxylation is 1. The molecule has 6 heteroatoms. The maximum atomic E-state index is 11.7. The van der Waals surface area contributed by atoms with Gasteiger partial charge in [0.1, 0.15) is 0 Å². The van der Waals surface area contributed by atoms with Crippen molar-refractivity contribution in [2.24, 2.45) is 0 Å². The number of hydrogen-bond acceptors (Lipinski definition) is 4. The largest absolute Gasteiger partial charge is 0.461 e. The summed E-state index contributed by atoms with van der Waals surface area (Å²) in [6.07, 6.45) is 1.53. The molecule has 0 amide bonds. The quantitative estimate of drug-likeness (QED) is 0.808. The van der Waals surface area contributed by atoms with Crippen molar-refractivity contribution in [3.8, 4) is 5.69 Å². The third kappa shape index (κ3) is 2.96. The monoisotopic (exact) mass is 336 g/mol. The summed E-state index contributed by atoms with van der Waals surface area (Å²) in [5.41, 5.74) is 1.09. The van der Waals surface area contributed by atoms with Gasteiger partial charge in [-0.15, -0.1) is 0 Å². The lowest BCUT2D eigenvalue weighted by Crippen LogP contribution is -2.22. The minimum Gasteiger partial charge on any atom is -0.461 e. The summed E-state index contributed by atoms with van der Waals surface area (Å²) in [6, 6.07) is 7.00. The molecule has 0 bridgehead atoms. The second kappa shape index (κ2) is 6.00. The van der Waals surface area contributed by atoms with Crippen LogP contribution in [0.1, 0.15) is 23.0 Å². The molecular formula is C14H13BrN2O3. The highest BCUT2D eigenvalue weighted by Gasteiger charge is 2.14. The molecule has 104 valence electrons. The highest BCUT2D eigenvalue weighted by atomic mass is 79.9. The molecule has 2 aromatic rings. The number of esters is 1. The molecule has 1 heterocycles. The van der Waals surface area contributed by atoms with Gasteiger partial charge in [-0.2, -0.15) is 5.10 Å². The smallest absolute Gasteiger partial charge is 0.362 e. The fraction of sp³-hybridized carbons (Fsp3) is 0.214. The number of carbonyl (C=O) groups excluding carboxylic acids is 1. The molecule has 2 rings (SSSR count). The molecule has 0 atom stereocenters. The van der Waals surface area contributed by atoms with Crippen LogP contribution in [0.2, 0.25) is 0 Å². The molecule has 1 aromatic heterocycles. The van der Waals surface area contributed by atoms with E-state index >= 15 is 0 Å². The number of halogens is 1. The summed E-state index contributed by atoms with van der Waals surface area (Å²) in [4.78, 5) is 23.4. The number of carbonyl (C=O) groups is 1. The van der Waals surface area contributed by atoms with E-state index in [0.717, 1.165) is 15.7 Å². The van der Waals surface area contributed by atoms with Crippen molar-refractivity contribution < 1.29 is 9.53 Å². The molecule has 0 saturated heterocycles. The third-order valence-electron chi connectivity index (χ3n) is 2.70. The average molecular weight is 337 g/mol. The van der Waals surface area contributed by atoms with E-state index in [1.165, 1.54) is 16.9 Å². The number of nitrogens with zero attached hydrogens (tertiary/aromatic N) is 2. The zero-order valence-electron chi connectivity index (χ0n) is 11.1. The number of hydrogen-bond donors (Lipinski definition) is 0. The topological polar surface area (TPSA) is 61.2 Å². The number of rotatable bonds is 3. The maximum Gasteiger partial charge on any atom is 0.362 e. The van der Waals surface area contributed by atoms with Gasteiger partial charge in [0, 0.05) is 16.7 Å². The highest BCUT2D eigenvalue weighted by Crippen LogP contribution is 2.18. The Morgan fingerprint density at radius 2 is 2.15 bits per heavy atom. The Balaban J connectivity index is 2.54. The standard InChI is InChI=1S/C14H13BrN2O3/c1-3-20-14(19)13-12(18)6-7-17(16-13)11-8-10(15)5-4-9(11)2/h4-8H,3H2,1-2H3. The Bertz CT molecular complexity index is 710. The van der Waals surface area contributed by atoms with Crippen LogP contribution in [0.15, 0.2) is 39.7 Å². The van der Waals surface area contributed by atoms with E-state index in [9.17, 15) is 9.59 Å². The van der Waals surface area contributed by atoms with Crippen LogP contribution in [-0.2, 0) is 4.74 Å². The first-order chi connectivity index (χ1) is 9.52. The van der Waals surface area contributed by atoms with E-state index < -0.39 is 11.4 Å². The van der Waals surface area contributed by atoms with Gasteiger partial charge in [-0.25, -0.2) is 9.48 Å². The van der Waals surface area contributed by atoms with Crippen LogP contribution >= 0.6 is 15.9 Å². The van der Waals surface area contributed by atoms with Crippen LogP contribution in [0.5, 0.6) is 0 Å². The van der Waals surface area contributed by atoms with Crippen LogP contribution in [0, 0.1) is 6.92 Å². The van der Waals surface area contributed by atoms with Crippen LogP contribution in [0.3, 0.4) is 0 Å². The van der Waals surface area contributed by atoms with Crippen molar-refractivity contribution in [3.05, 3.63) is 56.4 Å². The Morgan fingerprint density at radius 3 is 2.85 bits per heavy atom. The lowest BCUT2D eigenvalue weighted by molar-refractivity contribution is 0.0515. The Labute approximate surface area is 124 Å². The molecule has 5 nitrogen and oxygen atoms in total. The van der Waals surface area contributed by atoms with Gasteiger partial charge in [0.05, 0.1) is 12.3 Å². The van der Waals surface area contributed by atoms with Gasteiger partial charge in [0.25, 0.3) is 0 Å². The summed E-state index contributed by atoms with van der Waals surface area (Å²) >= 11 is 3.39. The first-order valence-electron chi connectivity index (χ1n) is 6.06. The SMILES string of the molecule is CCOC(=O)c1nn(-c2cc(Br)ccc2C)ccc1=O. The zero-order chi connectivity index (χ0) is 14.7. The molecule has 20 heavy (non-hydrogen) atoms. The van der Waals surface area contributed by atoms with Crippen molar-refractivity contribution in [1.29, 1.82) is 0 Å². The van der Waals surface area contributed by atoms with Gasteiger partial charge in [-0.3, -0.25) is 4.79 Å². The molecule has 0 unspecified atom stereocenters. The second-order valence-corrected chi connectivity index (χ2v) is 5.04. The third-order valence-corrected chi connectivity index (χ3v) is 3.19. The summed E-state index contributed by atoms with van der Waals surface area (Å²) in [7, 11) is 0. The fourth-order valence-corrected chi connectivity index (χ4v) is 2.06. The molecule has 0 fully saturated rings. The van der Waals surface area contributed by atoms with E-state index in [2.05, 4.69) is 21.0 Å². The van der Waals surface area contributed by atoms with Crippen LogP contribution in [0.25, 0.3) is 5.69 Å². The minimum atomic E-state index is -0.709. The van der Waals surface area contributed by atoms with Crippen molar-refractivity contribution in [3.63, 3.8) is 0 Å². The Hall–Kier alpha value is -1.95. The van der Waals surface area contributed by atoms with Gasteiger partial charge >= 0.3 is 5.97 Å². The van der Waals surface area contributed by atoms with Gasteiger partial charge in [-0.05, 0) is 31.5 Å². The van der Waals surface area contributed by atoms with E-state index in [1.54, 1.807) is 6.92 Å². The van der Waals surface area contributed by atoms with Gasteiger partial charge in [0.15, 0.2) is 0 Å². The Kier molecular flexibility index (Phi) is 4.34. The molecule has 0 aliphatic heterocycles. The van der Waals surface area contributed by atoms with Gasteiger partial charge in [-0.1, -0.05) is 22.0 Å². The summed E-state index contributed by atoms with van der Waals surface area (Å²) in [6.45, 7) is 3.80. The normalized spacial score (nSPS) is 10.3. The Morgan fingerprint density at radius 1 is 1.40 bits per heavy atom. The lowest BCUT2D eigenvalue weighted by Gasteiger charge is -2.10. The molecular weight excluding hydrogens is 324 g/mol. The van der Waals surface area contributed by atoms with Crippen molar-refractivity contribution in [2.45, 2.75) is 13.8 Å². The van der Waals surface area contributed by atoms with Gasteiger partial charge in [0.2, 0.25) is 11.1 Å². The number of aromatic nitrogens is 2. The molecule has 0 aliphatic rings. The number of benzene rings is 1. The predicted octanol–water partition coefficient (Wildman–Crippen LogP) is 2.48. The fourth-order valence-electron chi connectivity index (χ4n) is 1.71. The van der Waals surface area contributed by atoms with E-state index in [-0.39, 0.29) is 12.3 Å². The molecule has 0 radical (unpaired) electrons. The average Bonchev–Trinajstić information content (AvgIpc) is 2.42.